The van der Waals surface area contributed by atoms with Crippen molar-refractivity contribution >= 4 is 11.6 Å². The molecule has 2 saturated carbocycles. The lowest BCUT2D eigenvalue weighted by atomic mass is 9.55. The van der Waals surface area contributed by atoms with Gasteiger partial charge in [0, 0.05) is 18.3 Å². The summed E-state index contributed by atoms with van der Waals surface area (Å²) in [6.45, 7) is 4.27. The fourth-order valence-corrected chi connectivity index (χ4v) is 6.07. The third-order valence-corrected chi connectivity index (χ3v) is 7.61. The van der Waals surface area contributed by atoms with E-state index in [1.807, 2.05) is 12.1 Å². The highest BCUT2D eigenvalue weighted by molar-refractivity contribution is 5.99. The van der Waals surface area contributed by atoms with Crippen LogP contribution in [0, 0.1) is 17.3 Å². The fourth-order valence-electron chi connectivity index (χ4n) is 6.07. The Morgan fingerprint density at radius 1 is 1.23 bits per heavy atom. The highest BCUT2D eigenvalue weighted by Gasteiger charge is 2.54. The van der Waals surface area contributed by atoms with E-state index in [1.54, 1.807) is 0 Å². The number of phenolic OH excluding ortho intramolecular Hbond substituents is 1. The lowest BCUT2D eigenvalue weighted by Gasteiger charge is -2.48. The van der Waals surface area contributed by atoms with E-state index in [0.29, 0.717) is 35.5 Å². The van der Waals surface area contributed by atoms with Crippen molar-refractivity contribution in [3.63, 3.8) is 0 Å². The maximum Gasteiger partial charge on any atom is 0.166 e. The van der Waals surface area contributed by atoms with Gasteiger partial charge in [0.1, 0.15) is 11.5 Å². The summed E-state index contributed by atoms with van der Waals surface area (Å²) in [7, 11) is 0. The fraction of sp³-hybridized carbons (Fsp3) is 0.652. The molecule has 1 aromatic carbocycles. The monoisotopic (exact) mass is 354 g/mol. The van der Waals surface area contributed by atoms with Gasteiger partial charge in [-0.3, -0.25) is 9.59 Å². The molecule has 0 amide bonds. The van der Waals surface area contributed by atoms with Gasteiger partial charge in [-0.2, -0.15) is 0 Å². The Hall–Kier alpha value is -1.64. The number of phenols is 1. The lowest BCUT2D eigenvalue weighted by molar-refractivity contribution is -0.129. The van der Waals surface area contributed by atoms with Crippen LogP contribution in [0.1, 0.15) is 92.6 Å². The van der Waals surface area contributed by atoms with E-state index in [0.717, 1.165) is 51.4 Å². The van der Waals surface area contributed by atoms with Crippen LogP contribution in [-0.4, -0.2) is 16.7 Å². The van der Waals surface area contributed by atoms with Gasteiger partial charge in [0.15, 0.2) is 5.78 Å². The lowest BCUT2D eigenvalue weighted by Crippen LogP contribution is -2.42. The molecule has 3 heteroatoms. The summed E-state index contributed by atoms with van der Waals surface area (Å²) < 4.78 is 0. The molecule has 4 atom stereocenters. The van der Waals surface area contributed by atoms with E-state index in [1.165, 1.54) is 11.1 Å². The van der Waals surface area contributed by atoms with Gasteiger partial charge in [0.25, 0.3) is 0 Å². The van der Waals surface area contributed by atoms with Gasteiger partial charge in [-0.25, -0.2) is 0 Å². The first-order chi connectivity index (χ1) is 12.5. The predicted octanol–water partition coefficient (Wildman–Crippen LogP) is 5.19. The molecule has 140 valence electrons. The summed E-state index contributed by atoms with van der Waals surface area (Å²) >= 11 is 0. The number of aryl methyl sites for hydroxylation is 1. The molecule has 4 rings (SSSR count). The van der Waals surface area contributed by atoms with Crippen molar-refractivity contribution in [1.29, 1.82) is 0 Å². The molecule has 1 N–H and O–H groups in total. The maximum absolute atomic E-state index is 12.5. The van der Waals surface area contributed by atoms with Crippen molar-refractivity contribution in [3.05, 3.63) is 28.8 Å². The van der Waals surface area contributed by atoms with E-state index in [-0.39, 0.29) is 16.9 Å². The minimum Gasteiger partial charge on any atom is -0.507 e. The second-order valence-electron chi connectivity index (χ2n) is 8.93. The predicted molar refractivity (Wildman–Crippen MR) is 102 cm³/mol. The maximum atomic E-state index is 12.5. The molecule has 3 nitrogen and oxygen atoms in total. The van der Waals surface area contributed by atoms with Crippen molar-refractivity contribution in [2.45, 2.75) is 77.6 Å². The van der Waals surface area contributed by atoms with Crippen LogP contribution in [0.25, 0.3) is 0 Å². The third kappa shape index (κ3) is 2.62. The molecule has 0 saturated heterocycles. The standard InChI is InChI=1S/C23H30O3/c1-3-4-5-20(24)18-13-17-14(12-21(18)25)6-7-16-15(17)10-11-23(2)19(16)8-9-22(23)26/h12-13,15-16,19,25H,3-11H2,1-2H3/t15?,16?,19?,23-/m0/s1. The molecule has 0 heterocycles. The van der Waals surface area contributed by atoms with Gasteiger partial charge >= 0.3 is 0 Å². The number of unbranched alkanes of at least 4 members (excludes halogenated alkanes) is 1. The van der Waals surface area contributed by atoms with Crippen LogP contribution < -0.4 is 0 Å². The highest BCUT2D eigenvalue weighted by Crippen LogP contribution is 2.59. The number of carbonyl (C=O) groups is 2. The minimum absolute atomic E-state index is 0.0611. The molecule has 0 spiro atoms. The SMILES string of the molecule is CCCCC(=O)c1cc2c(cc1O)CCC1C2CC[C@]2(C)C(=O)CCC12. The zero-order valence-electron chi connectivity index (χ0n) is 16.0. The first-order valence-electron chi connectivity index (χ1n) is 10.4. The Morgan fingerprint density at radius 2 is 2.04 bits per heavy atom. The van der Waals surface area contributed by atoms with Crippen molar-refractivity contribution in [2.75, 3.05) is 0 Å². The Kier molecular flexibility index (Phi) is 4.45. The highest BCUT2D eigenvalue weighted by atomic mass is 16.3. The molecule has 0 aromatic heterocycles. The summed E-state index contributed by atoms with van der Waals surface area (Å²) in [4.78, 5) is 25.0. The minimum atomic E-state index is -0.116. The Balaban J connectivity index is 1.67. The molecule has 0 radical (unpaired) electrons. The largest absolute Gasteiger partial charge is 0.507 e. The summed E-state index contributed by atoms with van der Waals surface area (Å²) in [5.74, 6) is 2.17. The van der Waals surface area contributed by atoms with E-state index >= 15 is 0 Å². The zero-order chi connectivity index (χ0) is 18.5. The van der Waals surface area contributed by atoms with Crippen LogP contribution >= 0.6 is 0 Å². The van der Waals surface area contributed by atoms with Crippen LogP contribution in [-0.2, 0) is 11.2 Å². The van der Waals surface area contributed by atoms with Crippen molar-refractivity contribution in [3.8, 4) is 5.75 Å². The van der Waals surface area contributed by atoms with E-state index in [4.69, 9.17) is 0 Å². The summed E-state index contributed by atoms with van der Waals surface area (Å²) in [5.41, 5.74) is 2.88. The number of ketones is 2. The summed E-state index contributed by atoms with van der Waals surface area (Å²) in [6, 6.07) is 3.84. The number of hydrogen-bond acceptors (Lipinski definition) is 3. The van der Waals surface area contributed by atoms with E-state index in [2.05, 4.69) is 13.8 Å². The van der Waals surface area contributed by atoms with Gasteiger partial charge in [0.2, 0.25) is 0 Å². The average molecular weight is 354 g/mol. The van der Waals surface area contributed by atoms with Gasteiger partial charge < -0.3 is 5.11 Å². The number of carbonyl (C=O) groups excluding carboxylic acids is 2. The number of Topliss-reactive ketones (excluding diaryl/α,β-unsaturated/α-hetero) is 2. The van der Waals surface area contributed by atoms with Crippen LogP contribution in [0.15, 0.2) is 12.1 Å². The van der Waals surface area contributed by atoms with E-state index < -0.39 is 0 Å². The summed E-state index contributed by atoms with van der Waals surface area (Å²) in [5, 5.41) is 10.4. The molecule has 0 bridgehead atoms. The van der Waals surface area contributed by atoms with Gasteiger partial charge in [-0.15, -0.1) is 0 Å². The first-order valence-corrected chi connectivity index (χ1v) is 10.4. The Labute approximate surface area is 156 Å². The molecular weight excluding hydrogens is 324 g/mol. The van der Waals surface area contributed by atoms with Crippen LogP contribution in [0.2, 0.25) is 0 Å². The number of aromatic hydroxyl groups is 1. The van der Waals surface area contributed by atoms with Crippen molar-refractivity contribution in [1.82, 2.24) is 0 Å². The molecule has 3 aliphatic carbocycles. The van der Waals surface area contributed by atoms with Crippen LogP contribution in [0.5, 0.6) is 5.75 Å². The molecule has 1 aromatic rings. The number of fused-ring (bicyclic) bond motifs is 5. The van der Waals surface area contributed by atoms with Gasteiger partial charge in [-0.05, 0) is 79.5 Å². The normalized spacial score (nSPS) is 32.7. The van der Waals surface area contributed by atoms with Crippen molar-refractivity contribution < 1.29 is 14.7 Å². The van der Waals surface area contributed by atoms with E-state index in [9.17, 15) is 14.7 Å². The first kappa shape index (κ1) is 17.8. The number of rotatable bonds is 4. The second-order valence-corrected chi connectivity index (χ2v) is 8.93. The zero-order valence-corrected chi connectivity index (χ0v) is 16.0. The van der Waals surface area contributed by atoms with Gasteiger partial charge in [0.05, 0.1) is 5.56 Å². The smallest absolute Gasteiger partial charge is 0.166 e. The average Bonchev–Trinajstić information content (AvgIpc) is 2.94. The van der Waals surface area contributed by atoms with Crippen LogP contribution in [0.4, 0.5) is 0 Å². The molecule has 2 fully saturated rings. The molecule has 26 heavy (non-hydrogen) atoms. The topological polar surface area (TPSA) is 54.4 Å². The quantitative estimate of drug-likeness (QED) is 0.757. The third-order valence-electron chi connectivity index (χ3n) is 7.61. The molecule has 0 aliphatic heterocycles. The number of benzene rings is 1. The Morgan fingerprint density at radius 3 is 2.81 bits per heavy atom. The molecular formula is C23H30O3. The molecule has 3 aliphatic rings. The van der Waals surface area contributed by atoms with Crippen LogP contribution in [0.3, 0.4) is 0 Å². The second kappa shape index (κ2) is 6.51. The number of hydrogen-bond donors (Lipinski definition) is 1. The van der Waals surface area contributed by atoms with Gasteiger partial charge in [-0.1, -0.05) is 20.3 Å². The summed E-state index contributed by atoms with van der Waals surface area (Å²) in [6.07, 6.45) is 8.19. The Bertz CT molecular complexity index is 750. The molecule has 3 unspecified atom stereocenters. The van der Waals surface area contributed by atoms with Crippen molar-refractivity contribution in [2.24, 2.45) is 17.3 Å².